The van der Waals surface area contributed by atoms with Crippen LogP contribution >= 0.6 is 0 Å². The molecule has 1 amide bonds. The molecule has 0 aliphatic heterocycles. The number of carbonyl (C=O) groups excluding carboxylic acids is 3. The molecule has 154 valence electrons. The maximum Gasteiger partial charge on any atom is 0.255 e. The summed E-state index contributed by atoms with van der Waals surface area (Å²) in [6.45, 7) is 1.81. The fourth-order valence-electron chi connectivity index (χ4n) is 4.08. The SMILES string of the molecule is Cc1ccc2c(c1NC(=O)c1ccc(-c3ccccc3)cc1)C(=O)c1ccccc1C2=O. The number of amides is 1. The Labute approximate surface area is 185 Å². The first-order valence-corrected chi connectivity index (χ1v) is 10.3. The molecule has 1 aliphatic carbocycles. The number of hydrogen-bond acceptors (Lipinski definition) is 3. The Morgan fingerprint density at radius 2 is 1.22 bits per heavy atom. The second-order valence-corrected chi connectivity index (χ2v) is 7.78. The maximum absolute atomic E-state index is 13.2. The zero-order valence-corrected chi connectivity index (χ0v) is 17.4. The summed E-state index contributed by atoms with van der Waals surface area (Å²) in [6.07, 6.45) is 0. The standard InChI is InChI=1S/C28H19NO3/c1-17-11-16-23-24(27(31)22-10-6-5-9-21(22)26(23)30)25(17)29-28(32)20-14-12-19(13-15-20)18-7-3-2-4-8-18/h2-16H,1H3,(H,29,32). The van der Waals surface area contributed by atoms with Crippen LogP contribution < -0.4 is 5.32 Å². The first-order valence-electron chi connectivity index (χ1n) is 10.3. The Balaban J connectivity index is 1.50. The molecule has 0 fully saturated rings. The van der Waals surface area contributed by atoms with Crippen molar-refractivity contribution >= 4 is 23.2 Å². The predicted molar refractivity (Wildman–Crippen MR) is 124 cm³/mol. The highest BCUT2D eigenvalue weighted by Crippen LogP contribution is 2.34. The number of rotatable bonds is 3. The lowest BCUT2D eigenvalue weighted by atomic mass is 9.82. The van der Waals surface area contributed by atoms with Crippen molar-refractivity contribution in [2.24, 2.45) is 0 Å². The maximum atomic E-state index is 13.2. The molecule has 0 aromatic heterocycles. The van der Waals surface area contributed by atoms with Crippen molar-refractivity contribution in [1.82, 2.24) is 0 Å². The number of aryl methyl sites for hydroxylation is 1. The minimum Gasteiger partial charge on any atom is -0.321 e. The van der Waals surface area contributed by atoms with E-state index in [2.05, 4.69) is 5.32 Å². The highest BCUT2D eigenvalue weighted by molar-refractivity contribution is 6.31. The molecule has 1 N–H and O–H groups in total. The molecular formula is C28H19NO3. The Morgan fingerprint density at radius 3 is 1.91 bits per heavy atom. The summed E-state index contributed by atoms with van der Waals surface area (Å²) >= 11 is 0. The fraction of sp³-hybridized carbons (Fsp3) is 0.0357. The molecule has 0 bridgehead atoms. The van der Waals surface area contributed by atoms with E-state index in [0.717, 1.165) is 16.7 Å². The number of carbonyl (C=O) groups is 3. The van der Waals surface area contributed by atoms with Gasteiger partial charge in [-0.15, -0.1) is 0 Å². The third kappa shape index (κ3) is 3.22. The molecule has 4 aromatic rings. The molecule has 5 rings (SSSR count). The molecule has 0 saturated carbocycles. The van der Waals surface area contributed by atoms with Crippen LogP contribution in [0.1, 0.15) is 47.8 Å². The van der Waals surface area contributed by atoms with Gasteiger partial charge in [-0.1, -0.05) is 72.8 Å². The smallest absolute Gasteiger partial charge is 0.255 e. The summed E-state index contributed by atoms with van der Waals surface area (Å²) < 4.78 is 0. The molecule has 4 heteroatoms. The van der Waals surface area contributed by atoms with Gasteiger partial charge in [0.2, 0.25) is 0 Å². The molecule has 1 aliphatic rings. The molecule has 0 radical (unpaired) electrons. The van der Waals surface area contributed by atoms with Crippen molar-refractivity contribution in [1.29, 1.82) is 0 Å². The normalized spacial score (nSPS) is 12.2. The van der Waals surface area contributed by atoms with Gasteiger partial charge in [0.15, 0.2) is 11.6 Å². The van der Waals surface area contributed by atoms with Crippen LogP contribution in [0.5, 0.6) is 0 Å². The van der Waals surface area contributed by atoms with Gasteiger partial charge in [0.25, 0.3) is 5.91 Å². The van der Waals surface area contributed by atoms with Gasteiger partial charge in [-0.3, -0.25) is 14.4 Å². The summed E-state index contributed by atoms with van der Waals surface area (Å²) in [4.78, 5) is 39.2. The molecular weight excluding hydrogens is 398 g/mol. The minimum atomic E-state index is -0.333. The van der Waals surface area contributed by atoms with Crippen molar-refractivity contribution in [3.8, 4) is 11.1 Å². The zero-order chi connectivity index (χ0) is 22.2. The van der Waals surface area contributed by atoms with Gasteiger partial charge in [-0.2, -0.15) is 0 Å². The number of nitrogens with one attached hydrogen (secondary N) is 1. The largest absolute Gasteiger partial charge is 0.321 e. The van der Waals surface area contributed by atoms with E-state index >= 15 is 0 Å². The van der Waals surface area contributed by atoms with Gasteiger partial charge < -0.3 is 5.32 Å². The Hall–Kier alpha value is -4.31. The van der Waals surface area contributed by atoms with Gasteiger partial charge in [-0.05, 0) is 41.8 Å². The number of fused-ring (bicyclic) bond motifs is 2. The Morgan fingerprint density at radius 1 is 0.625 bits per heavy atom. The van der Waals surface area contributed by atoms with E-state index in [9.17, 15) is 14.4 Å². The van der Waals surface area contributed by atoms with E-state index in [0.29, 0.717) is 27.9 Å². The van der Waals surface area contributed by atoms with Crippen LogP contribution in [0.25, 0.3) is 11.1 Å². The molecule has 4 nitrogen and oxygen atoms in total. The van der Waals surface area contributed by atoms with Crippen LogP contribution in [0, 0.1) is 6.92 Å². The lowest BCUT2D eigenvalue weighted by Gasteiger charge is -2.22. The molecule has 0 heterocycles. The monoisotopic (exact) mass is 417 g/mol. The predicted octanol–water partition coefficient (Wildman–Crippen LogP) is 5.69. The second-order valence-electron chi connectivity index (χ2n) is 7.78. The van der Waals surface area contributed by atoms with E-state index in [1.54, 1.807) is 48.5 Å². The van der Waals surface area contributed by atoms with Gasteiger partial charge in [0.1, 0.15) is 0 Å². The lowest BCUT2D eigenvalue weighted by Crippen LogP contribution is -2.24. The van der Waals surface area contributed by atoms with Gasteiger partial charge in [-0.25, -0.2) is 0 Å². The van der Waals surface area contributed by atoms with Gasteiger partial charge in [0.05, 0.1) is 11.3 Å². The summed E-state index contributed by atoms with van der Waals surface area (Å²) in [7, 11) is 0. The Kier molecular flexibility index (Phi) is 4.75. The highest BCUT2D eigenvalue weighted by Gasteiger charge is 2.32. The van der Waals surface area contributed by atoms with Gasteiger partial charge >= 0.3 is 0 Å². The van der Waals surface area contributed by atoms with Crippen molar-refractivity contribution in [2.75, 3.05) is 5.32 Å². The highest BCUT2D eigenvalue weighted by atomic mass is 16.2. The van der Waals surface area contributed by atoms with Crippen LogP contribution in [-0.2, 0) is 0 Å². The third-order valence-corrected chi connectivity index (χ3v) is 5.79. The number of hydrogen-bond donors (Lipinski definition) is 1. The molecule has 0 saturated heterocycles. The van der Waals surface area contributed by atoms with Crippen LogP contribution in [0.15, 0.2) is 91.0 Å². The molecule has 4 aromatic carbocycles. The molecule has 0 unspecified atom stereocenters. The second kappa shape index (κ2) is 7.75. The molecule has 0 atom stereocenters. The Bertz CT molecular complexity index is 1390. The summed E-state index contributed by atoms with van der Waals surface area (Å²) in [6, 6.07) is 27.4. The van der Waals surface area contributed by atoms with Crippen LogP contribution in [0.4, 0.5) is 5.69 Å². The lowest BCUT2D eigenvalue weighted by molar-refractivity contribution is 0.0978. The first-order chi connectivity index (χ1) is 15.5. The average Bonchev–Trinajstić information content (AvgIpc) is 2.84. The van der Waals surface area contributed by atoms with E-state index in [1.165, 1.54) is 0 Å². The first kappa shape index (κ1) is 19.6. The van der Waals surface area contributed by atoms with Crippen LogP contribution in [0.2, 0.25) is 0 Å². The number of anilines is 1. The quantitative estimate of drug-likeness (QED) is 0.410. The third-order valence-electron chi connectivity index (χ3n) is 5.79. The van der Waals surface area contributed by atoms with Crippen molar-refractivity contribution in [3.05, 3.63) is 124 Å². The van der Waals surface area contributed by atoms with Crippen LogP contribution in [-0.4, -0.2) is 17.5 Å². The van der Waals surface area contributed by atoms with E-state index in [1.807, 2.05) is 49.4 Å². The summed E-state index contributed by atoms with van der Waals surface area (Å²) in [5, 5.41) is 2.88. The van der Waals surface area contributed by atoms with E-state index in [4.69, 9.17) is 0 Å². The molecule has 0 spiro atoms. The minimum absolute atomic E-state index is 0.210. The summed E-state index contributed by atoms with van der Waals surface area (Å²) in [5.74, 6) is -0.799. The fourth-order valence-corrected chi connectivity index (χ4v) is 4.08. The van der Waals surface area contributed by atoms with Gasteiger partial charge in [0, 0.05) is 22.3 Å². The zero-order valence-electron chi connectivity index (χ0n) is 17.4. The topological polar surface area (TPSA) is 63.2 Å². The van der Waals surface area contributed by atoms with E-state index in [-0.39, 0.29) is 23.0 Å². The number of ketones is 2. The van der Waals surface area contributed by atoms with Crippen molar-refractivity contribution in [3.63, 3.8) is 0 Å². The van der Waals surface area contributed by atoms with Crippen molar-refractivity contribution in [2.45, 2.75) is 6.92 Å². The van der Waals surface area contributed by atoms with Crippen LogP contribution in [0.3, 0.4) is 0 Å². The van der Waals surface area contributed by atoms with E-state index < -0.39 is 0 Å². The van der Waals surface area contributed by atoms with Crippen molar-refractivity contribution < 1.29 is 14.4 Å². The summed E-state index contributed by atoms with van der Waals surface area (Å²) in [5.41, 5.74) is 4.96. The average molecular weight is 417 g/mol. The number of benzene rings is 4. The molecule has 32 heavy (non-hydrogen) atoms.